The van der Waals surface area contributed by atoms with E-state index in [0.717, 1.165) is 66.7 Å². The second-order valence-electron chi connectivity index (χ2n) is 8.99. The standard InChI is InChI=1S/C25H27ClN2O3/c26-23-8-7-21(19-5-6-19)13-22(23)15-28-11-9-25(10-12-28)14-24(27-31-25)20-3-1-18(2-4-20)16-30-17-29/h1-4,7-8,13,17,19H,5-6,9-12,14-16H2. The molecule has 1 saturated heterocycles. The summed E-state index contributed by atoms with van der Waals surface area (Å²) in [6.07, 6.45) is 5.38. The lowest BCUT2D eigenvalue weighted by molar-refractivity contribution is -0.129. The smallest absolute Gasteiger partial charge is 0.293 e. The van der Waals surface area contributed by atoms with Gasteiger partial charge in [-0.1, -0.05) is 53.2 Å². The van der Waals surface area contributed by atoms with Gasteiger partial charge in [0.1, 0.15) is 12.2 Å². The van der Waals surface area contributed by atoms with Gasteiger partial charge >= 0.3 is 0 Å². The number of oxime groups is 1. The molecule has 0 atom stereocenters. The van der Waals surface area contributed by atoms with Crippen LogP contribution < -0.4 is 0 Å². The molecule has 0 N–H and O–H groups in total. The first-order valence-corrected chi connectivity index (χ1v) is 11.4. The fourth-order valence-corrected chi connectivity index (χ4v) is 4.79. The molecule has 2 fully saturated rings. The minimum Gasteiger partial charge on any atom is -0.463 e. The Labute approximate surface area is 188 Å². The lowest BCUT2D eigenvalue weighted by Crippen LogP contribution is -2.44. The Hall–Kier alpha value is -2.37. The van der Waals surface area contributed by atoms with E-state index in [4.69, 9.17) is 21.2 Å². The van der Waals surface area contributed by atoms with Gasteiger partial charge in [-0.15, -0.1) is 0 Å². The van der Waals surface area contributed by atoms with Crippen LogP contribution in [0.2, 0.25) is 5.02 Å². The number of hydrogen-bond acceptors (Lipinski definition) is 5. The summed E-state index contributed by atoms with van der Waals surface area (Å²) >= 11 is 6.49. The SMILES string of the molecule is O=COCc1ccc(C2=NOC3(CCN(Cc4cc(C5CC5)ccc4Cl)CC3)C2)cc1. The van der Waals surface area contributed by atoms with Crippen molar-refractivity contribution in [1.82, 2.24) is 4.90 Å². The third-order valence-corrected chi connectivity index (χ3v) is 7.09. The minimum atomic E-state index is -0.190. The number of carbonyl (C=O) groups is 1. The Kier molecular flexibility index (Phi) is 5.72. The number of hydrogen-bond donors (Lipinski definition) is 0. The van der Waals surface area contributed by atoms with Crippen molar-refractivity contribution in [2.75, 3.05) is 13.1 Å². The number of nitrogens with zero attached hydrogens (tertiary/aromatic N) is 2. The highest BCUT2D eigenvalue weighted by molar-refractivity contribution is 6.31. The van der Waals surface area contributed by atoms with Crippen LogP contribution in [-0.2, 0) is 27.5 Å². The zero-order valence-corrected chi connectivity index (χ0v) is 18.3. The van der Waals surface area contributed by atoms with Crippen LogP contribution in [-0.4, -0.2) is 35.8 Å². The van der Waals surface area contributed by atoms with Crippen molar-refractivity contribution in [3.05, 3.63) is 69.7 Å². The predicted molar refractivity (Wildman–Crippen MR) is 120 cm³/mol. The van der Waals surface area contributed by atoms with Crippen LogP contribution in [0.5, 0.6) is 0 Å². The average Bonchev–Trinajstić information content (AvgIpc) is 3.57. The fraction of sp³-hybridized carbons (Fsp3) is 0.440. The first-order chi connectivity index (χ1) is 15.1. The van der Waals surface area contributed by atoms with E-state index in [-0.39, 0.29) is 5.60 Å². The molecule has 2 aromatic carbocycles. The number of likely N-dealkylation sites (tertiary alicyclic amines) is 1. The van der Waals surface area contributed by atoms with Crippen LogP contribution in [0.1, 0.15) is 60.3 Å². The summed E-state index contributed by atoms with van der Waals surface area (Å²) in [5.41, 5.74) is 5.51. The van der Waals surface area contributed by atoms with E-state index in [1.807, 2.05) is 24.3 Å². The molecule has 0 amide bonds. The van der Waals surface area contributed by atoms with Crippen LogP contribution in [0.15, 0.2) is 47.6 Å². The lowest BCUT2D eigenvalue weighted by Gasteiger charge is -2.37. The molecule has 0 radical (unpaired) electrons. The molecule has 0 bridgehead atoms. The lowest BCUT2D eigenvalue weighted by atomic mass is 9.85. The predicted octanol–water partition coefficient (Wildman–Crippen LogP) is 5.05. The molecular weight excluding hydrogens is 412 g/mol. The Bertz CT molecular complexity index is 977. The van der Waals surface area contributed by atoms with Crippen molar-refractivity contribution in [1.29, 1.82) is 0 Å². The van der Waals surface area contributed by atoms with E-state index in [1.54, 1.807) is 0 Å². The molecule has 3 aliphatic rings. The van der Waals surface area contributed by atoms with Crippen molar-refractivity contribution >= 4 is 23.8 Å². The number of ether oxygens (including phenoxy) is 1. The summed E-state index contributed by atoms with van der Waals surface area (Å²) in [6.45, 7) is 3.62. The van der Waals surface area contributed by atoms with Crippen molar-refractivity contribution in [3.63, 3.8) is 0 Å². The molecule has 162 valence electrons. The Morgan fingerprint density at radius 1 is 1.16 bits per heavy atom. The fourth-order valence-electron chi connectivity index (χ4n) is 4.61. The van der Waals surface area contributed by atoms with Crippen molar-refractivity contribution in [3.8, 4) is 0 Å². The minimum absolute atomic E-state index is 0.190. The summed E-state index contributed by atoms with van der Waals surface area (Å²) < 4.78 is 4.81. The van der Waals surface area contributed by atoms with Gasteiger partial charge in [0.25, 0.3) is 6.47 Å². The number of halogens is 1. The highest BCUT2D eigenvalue weighted by Gasteiger charge is 2.42. The zero-order chi connectivity index (χ0) is 21.3. The molecule has 2 aliphatic heterocycles. The first-order valence-electron chi connectivity index (χ1n) is 11.0. The molecule has 2 aromatic rings. The molecule has 6 heteroatoms. The van der Waals surface area contributed by atoms with Crippen LogP contribution in [0.25, 0.3) is 0 Å². The summed E-state index contributed by atoms with van der Waals surface area (Å²) in [5.74, 6) is 0.745. The summed E-state index contributed by atoms with van der Waals surface area (Å²) in [6, 6.07) is 14.5. The topological polar surface area (TPSA) is 51.1 Å². The van der Waals surface area contributed by atoms with Crippen LogP contribution in [0, 0.1) is 0 Å². The molecule has 2 heterocycles. The zero-order valence-electron chi connectivity index (χ0n) is 17.6. The number of carbonyl (C=O) groups excluding carboxylic acids is 1. The summed E-state index contributed by atoms with van der Waals surface area (Å²) in [7, 11) is 0. The maximum Gasteiger partial charge on any atom is 0.293 e. The molecule has 5 rings (SSSR count). The molecular formula is C25H27ClN2O3. The molecule has 0 aromatic heterocycles. The van der Waals surface area contributed by atoms with E-state index in [1.165, 1.54) is 24.0 Å². The molecule has 31 heavy (non-hydrogen) atoms. The van der Waals surface area contributed by atoms with Gasteiger partial charge in [0.2, 0.25) is 0 Å². The van der Waals surface area contributed by atoms with Crippen LogP contribution in [0.4, 0.5) is 0 Å². The van der Waals surface area contributed by atoms with E-state index in [2.05, 4.69) is 28.3 Å². The Morgan fingerprint density at radius 2 is 1.94 bits per heavy atom. The highest BCUT2D eigenvalue weighted by atomic mass is 35.5. The molecule has 1 spiro atoms. The van der Waals surface area contributed by atoms with Crippen molar-refractivity contribution in [2.24, 2.45) is 5.16 Å². The summed E-state index contributed by atoms with van der Waals surface area (Å²) in [5, 5.41) is 5.30. The van der Waals surface area contributed by atoms with Gasteiger partial charge in [0, 0.05) is 43.9 Å². The first kappa shape index (κ1) is 20.5. The monoisotopic (exact) mass is 438 g/mol. The Morgan fingerprint density at radius 3 is 2.65 bits per heavy atom. The van der Waals surface area contributed by atoms with Gasteiger partial charge in [0.15, 0.2) is 0 Å². The van der Waals surface area contributed by atoms with Crippen LogP contribution >= 0.6 is 11.6 Å². The maximum atomic E-state index is 10.3. The largest absolute Gasteiger partial charge is 0.463 e. The van der Waals surface area contributed by atoms with Crippen molar-refractivity contribution in [2.45, 2.75) is 56.8 Å². The van der Waals surface area contributed by atoms with E-state index in [0.29, 0.717) is 13.1 Å². The van der Waals surface area contributed by atoms with Gasteiger partial charge < -0.3 is 9.57 Å². The second-order valence-corrected chi connectivity index (χ2v) is 9.40. The second kappa shape index (κ2) is 8.64. The maximum absolute atomic E-state index is 10.3. The normalized spacial score (nSPS) is 20.4. The van der Waals surface area contributed by atoms with Gasteiger partial charge in [0.05, 0.1) is 5.71 Å². The van der Waals surface area contributed by atoms with Gasteiger partial charge in [-0.25, -0.2) is 0 Å². The quantitative estimate of drug-likeness (QED) is 0.567. The van der Waals surface area contributed by atoms with Gasteiger partial charge in [-0.05, 0) is 47.1 Å². The highest BCUT2D eigenvalue weighted by Crippen LogP contribution is 2.41. The number of rotatable bonds is 7. The number of piperidine rings is 1. The third kappa shape index (κ3) is 4.63. The van der Waals surface area contributed by atoms with Gasteiger partial charge in [-0.3, -0.25) is 9.69 Å². The van der Waals surface area contributed by atoms with E-state index >= 15 is 0 Å². The van der Waals surface area contributed by atoms with Gasteiger partial charge in [-0.2, -0.15) is 0 Å². The van der Waals surface area contributed by atoms with E-state index < -0.39 is 0 Å². The molecule has 1 saturated carbocycles. The molecule has 5 nitrogen and oxygen atoms in total. The van der Waals surface area contributed by atoms with Crippen molar-refractivity contribution < 1.29 is 14.4 Å². The average molecular weight is 439 g/mol. The van der Waals surface area contributed by atoms with Crippen LogP contribution in [0.3, 0.4) is 0 Å². The van der Waals surface area contributed by atoms with E-state index in [9.17, 15) is 4.79 Å². The Balaban J connectivity index is 1.17. The number of benzene rings is 2. The summed E-state index contributed by atoms with van der Waals surface area (Å²) in [4.78, 5) is 18.8. The molecule has 0 unspecified atom stereocenters. The molecule has 1 aliphatic carbocycles. The third-order valence-electron chi connectivity index (χ3n) is 6.72.